The van der Waals surface area contributed by atoms with Gasteiger partial charge in [-0.2, -0.15) is 0 Å². The van der Waals surface area contributed by atoms with Crippen LogP contribution in [-0.2, 0) is 0 Å². The summed E-state index contributed by atoms with van der Waals surface area (Å²) in [5, 5.41) is 0. The minimum Gasteiger partial charge on any atom is -0.326 e. The Kier molecular flexibility index (Phi) is 1.69. The molecule has 11 heavy (non-hydrogen) atoms. The Balaban J connectivity index is 1.95. The third kappa shape index (κ3) is 1.30. The van der Waals surface area contributed by atoms with Gasteiger partial charge in [-0.05, 0) is 32.1 Å². The molecule has 0 amide bonds. The van der Waals surface area contributed by atoms with E-state index in [1.165, 1.54) is 13.0 Å². The zero-order valence-electron chi connectivity index (χ0n) is 7.46. The predicted molar refractivity (Wildman–Crippen MR) is 46.3 cm³/mol. The zero-order chi connectivity index (χ0) is 8.01. The Bertz CT molecular complexity index is 156. The van der Waals surface area contributed by atoms with Crippen molar-refractivity contribution >= 4 is 0 Å². The molecule has 0 unspecified atom stereocenters. The highest BCUT2D eigenvalue weighted by molar-refractivity contribution is 5.00. The summed E-state index contributed by atoms with van der Waals surface area (Å²) >= 11 is 0. The Morgan fingerprint density at radius 1 is 1.36 bits per heavy atom. The van der Waals surface area contributed by atoms with E-state index >= 15 is 0 Å². The normalized spacial score (nSPS) is 44.2. The molecule has 0 aromatic heterocycles. The van der Waals surface area contributed by atoms with Crippen LogP contribution in [0.4, 0.5) is 0 Å². The van der Waals surface area contributed by atoms with Crippen LogP contribution >= 0.6 is 0 Å². The number of hydrogen-bond donors (Lipinski definition) is 1. The first-order valence-electron chi connectivity index (χ1n) is 4.68. The van der Waals surface area contributed by atoms with Gasteiger partial charge in [-0.25, -0.2) is 0 Å². The Hall–Kier alpha value is -0.0800. The van der Waals surface area contributed by atoms with Crippen LogP contribution in [-0.4, -0.2) is 30.1 Å². The van der Waals surface area contributed by atoms with Gasteiger partial charge in [-0.1, -0.05) is 0 Å². The molecule has 1 saturated heterocycles. The van der Waals surface area contributed by atoms with Crippen LogP contribution in [0.25, 0.3) is 0 Å². The molecule has 0 radical (unpaired) electrons. The highest BCUT2D eigenvalue weighted by atomic mass is 15.2. The third-order valence-electron chi connectivity index (χ3n) is 3.17. The average molecular weight is 154 g/mol. The highest BCUT2D eigenvalue weighted by Crippen LogP contribution is 2.44. The first-order valence-corrected chi connectivity index (χ1v) is 4.68. The van der Waals surface area contributed by atoms with Gasteiger partial charge in [0.15, 0.2) is 0 Å². The lowest BCUT2D eigenvalue weighted by Crippen LogP contribution is -2.47. The standard InChI is InChI=1S/C9H18N2/c1-6(2)11-4-7-3-8(7)9(10)5-11/h6-9H,3-5,10H2,1-2H3/t7-,8-,9+/m1/s1. The molecule has 2 fully saturated rings. The molecule has 0 aromatic carbocycles. The summed E-state index contributed by atoms with van der Waals surface area (Å²) in [6, 6.07) is 1.15. The van der Waals surface area contributed by atoms with E-state index in [0.29, 0.717) is 12.1 Å². The van der Waals surface area contributed by atoms with Crippen LogP contribution in [0.5, 0.6) is 0 Å². The fraction of sp³-hybridized carbons (Fsp3) is 1.00. The third-order valence-corrected chi connectivity index (χ3v) is 3.17. The van der Waals surface area contributed by atoms with Crippen LogP contribution < -0.4 is 5.73 Å². The lowest BCUT2D eigenvalue weighted by atomic mass is 10.1. The van der Waals surface area contributed by atoms with E-state index in [4.69, 9.17) is 5.73 Å². The van der Waals surface area contributed by atoms with E-state index in [9.17, 15) is 0 Å². The molecule has 2 nitrogen and oxygen atoms in total. The van der Waals surface area contributed by atoms with Crippen molar-refractivity contribution in [2.24, 2.45) is 17.6 Å². The van der Waals surface area contributed by atoms with Crippen LogP contribution in [0, 0.1) is 11.8 Å². The quantitative estimate of drug-likeness (QED) is 0.601. The number of fused-ring (bicyclic) bond motifs is 1. The second-order valence-electron chi connectivity index (χ2n) is 4.37. The van der Waals surface area contributed by atoms with Crippen molar-refractivity contribution in [3.63, 3.8) is 0 Å². The summed E-state index contributed by atoms with van der Waals surface area (Å²) in [6.45, 7) is 6.94. The Labute approximate surface area is 68.7 Å². The minimum absolute atomic E-state index is 0.469. The summed E-state index contributed by atoms with van der Waals surface area (Å²) in [6.07, 6.45) is 1.39. The van der Waals surface area contributed by atoms with Crippen molar-refractivity contribution in [2.45, 2.75) is 32.4 Å². The van der Waals surface area contributed by atoms with Gasteiger partial charge in [0.05, 0.1) is 0 Å². The summed E-state index contributed by atoms with van der Waals surface area (Å²) < 4.78 is 0. The van der Waals surface area contributed by atoms with E-state index < -0.39 is 0 Å². The predicted octanol–water partition coefficient (Wildman–Crippen LogP) is 0.674. The monoisotopic (exact) mass is 154 g/mol. The zero-order valence-corrected chi connectivity index (χ0v) is 7.46. The van der Waals surface area contributed by atoms with Crippen molar-refractivity contribution in [2.75, 3.05) is 13.1 Å². The topological polar surface area (TPSA) is 29.3 Å². The highest BCUT2D eigenvalue weighted by Gasteiger charge is 2.46. The Morgan fingerprint density at radius 3 is 2.64 bits per heavy atom. The smallest absolute Gasteiger partial charge is 0.0199 e. The van der Waals surface area contributed by atoms with E-state index in [2.05, 4.69) is 18.7 Å². The van der Waals surface area contributed by atoms with E-state index in [0.717, 1.165) is 18.4 Å². The maximum atomic E-state index is 6.01. The van der Waals surface area contributed by atoms with E-state index in [-0.39, 0.29) is 0 Å². The van der Waals surface area contributed by atoms with Crippen LogP contribution in [0.15, 0.2) is 0 Å². The first-order chi connectivity index (χ1) is 5.18. The van der Waals surface area contributed by atoms with Crippen molar-refractivity contribution in [1.29, 1.82) is 0 Å². The largest absolute Gasteiger partial charge is 0.326 e. The van der Waals surface area contributed by atoms with E-state index in [1.54, 1.807) is 0 Å². The van der Waals surface area contributed by atoms with Gasteiger partial charge >= 0.3 is 0 Å². The molecule has 1 saturated carbocycles. The fourth-order valence-corrected chi connectivity index (χ4v) is 2.21. The number of hydrogen-bond acceptors (Lipinski definition) is 2. The van der Waals surface area contributed by atoms with Gasteiger partial charge in [0.2, 0.25) is 0 Å². The van der Waals surface area contributed by atoms with Crippen molar-refractivity contribution in [1.82, 2.24) is 4.90 Å². The van der Waals surface area contributed by atoms with Crippen LogP contribution in [0.3, 0.4) is 0 Å². The summed E-state index contributed by atoms with van der Waals surface area (Å²) in [5.74, 6) is 1.83. The molecule has 2 heteroatoms. The van der Waals surface area contributed by atoms with Crippen molar-refractivity contribution in [3.8, 4) is 0 Å². The maximum absolute atomic E-state index is 6.01. The molecular formula is C9H18N2. The molecular weight excluding hydrogens is 136 g/mol. The number of piperidine rings is 1. The van der Waals surface area contributed by atoms with E-state index in [1.807, 2.05) is 0 Å². The van der Waals surface area contributed by atoms with Gasteiger partial charge in [-0.15, -0.1) is 0 Å². The molecule has 0 bridgehead atoms. The van der Waals surface area contributed by atoms with Crippen molar-refractivity contribution < 1.29 is 0 Å². The van der Waals surface area contributed by atoms with Crippen LogP contribution in [0.2, 0.25) is 0 Å². The number of rotatable bonds is 1. The van der Waals surface area contributed by atoms with Crippen molar-refractivity contribution in [3.05, 3.63) is 0 Å². The molecule has 0 spiro atoms. The van der Waals surface area contributed by atoms with Gasteiger partial charge in [0.25, 0.3) is 0 Å². The molecule has 3 atom stereocenters. The number of nitrogens with two attached hydrogens (primary N) is 1. The molecule has 1 aliphatic carbocycles. The van der Waals surface area contributed by atoms with Crippen LogP contribution in [0.1, 0.15) is 20.3 Å². The van der Waals surface area contributed by atoms with Gasteiger partial charge in [0.1, 0.15) is 0 Å². The second-order valence-corrected chi connectivity index (χ2v) is 4.37. The summed E-state index contributed by atoms with van der Waals surface area (Å²) in [5.41, 5.74) is 6.01. The molecule has 1 aliphatic heterocycles. The lowest BCUT2D eigenvalue weighted by molar-refractivity contribution is 0.161. The second kappa shape index (κ2) is 2.46. The average Bonchev–Trinajstić information content (AvgIpc) is 2.66. The maximum Gasteiger partial charge on any atom is 0.0199 e. The number of nitrogens with zero attached hydrogens (tertiary/aromatic N) is 1. The van der Waals surface area contributed by atoms with Gasteiger partial charge in [0, 0.05) is 25.2 Å². The SMILES string of the molecule is CC(C)N1C[C@H]2C[C@H]2[C@@H](N)C1. The fourth-order valence-electron chi connectivity index (χ4n) is 2.21. The summed E-state index contributed by atoms with van der Waals surface area (Å²) in [4.78, 5) is 2.51. The Morgan fingerprint density at radius 2 is 2.09 bits per heavy atom. The minimum atomic E-state index is 0.469. The summed E-state index contributed by atoms with van der Waals surface area (Å²) in [7, 11) is 0. The lowest BCUT2D eigenvalue weighted by Gasteiger charge is -2.33. The number of likely N-dealkylation sites (tertiary alicyclic amines) is 1. The molecule has 2 N–H and O–H groups in total. The van der Waals surface area contributed by atoms with Gasteiger partial charge in [-0.3, -0.25) is 4.90 Å². The molecule has 1 heterocycles. The first kappa shape index (κ1) is 7.56. The van der Waals surface area contributed by atoms with Gasteiger partial charge < -0.3 is 5.73 Å². The molecule has 0 aromatic rings. The molecule has 64 valence electrons. The molecule has 2 aliphatic rings. The molecule has 2 rings (SSSR count).